The molecule has 3 aromatic rings. The molecule has 0 bridgehead atoms. The summed E-state index contributed by atoms with van der Waals surface area (Å²) >= 11 is 5.84. The van der Waals surface area contributed by atoms with Crippen LogP contribution < -0.4 is 5.43 Å². The lowest BCUT2D eigenvalue weighted by atomic mass is 9.99. The van der Waals surface area contributed by atoms with Gasteiger partial charge in [0, 0.05) is 0 Å². The molecule has 5 heteroatoms. The minimum atomic E-state index is -0.273. The largest absolute Gasteiger partial charge is 0.506 e. The van der Waals surface area contributed by atoms with Crippen molar-refractivity contribution in [3.8, 4) is 5.75 Å². The van der Waals surface area contributed by atoms with E-state index in [-0.39, 0.29) is 16.7 Å². The maximum absolute atomic E-state index is 12.5. The monoisotopic (exact) mass is 338 g/mol. The second-order valence-corrected chi connectivity index (χ2v) is 5.80. The average molecular weight is 339 g/mol. The number of carbonyl (C=O) groups excluding carboxylic acids is 1. The quantitative estimate of drug-likeness (QED) is 0.553. The molecule has 0 atom stereocenters. The first-order chi connectivity index (χ1) is 11.6. The molecule has 0 saturated carbocycles. The number of hydrogen-bond donors (Lipinski definition) is 2. The first-order valence-corrected chi connectivity index (χ1v) is 7.74. The number of rotatable bonds is 3. The van der Waals surface area contributed by atoms with Gasteiger partial charge in [0.25, 0.3) is 5.91 Å². The Hall–Kier alpha value is -2.85. The van der Waals surface area contributed by atoms with Crippen molar-refractivity contribution >= 4 is 34.5 Å². The minimum absolute atomic E-state index is 0.00392. The van der Waals surface area contributed by atoms with Gasteiger partial charge in [-0.05, 0) is 47.0 Å². The molecule has 0 unspecified atom stereocenters. The molecule has 0 aliphatic rings. The van der Waals surface area contributed by atoms with Gasteiger partial charge in [0.2, 0.25) is 0 Å². The van der Waals surface area contributed by atoms with Crippen molar-refractivity contribution in [3.05, 3.63) is 76.3 Å². The van der Waals surface area contributed by atoms with Gasteiger partial charge in [-0.25, -0.2) is 5.43 Å². The lowest BCUT2D eigenvalue weighted by molar-refractivity contribution is 0.0956. The summed E-state index contributed by atoms with van der Waals surface area (Å²) in [7, 11) is 0. The lowest BCUT2D eigenvalue weighted by Crippen LogP contribution is -2.19. The molecule has 0 fully saturated rings. The van der Waals surface area contributed by atoms with Gasteiger partial charge >= 0.3 is 0 Å². The zero-order chi connectivity index (χ0) is 17.1. The first-order valence-electron chi connectivity index (χ1n) is 7.36. The number of nitrogens with zero attached hydrogens (tertiary/aromatic N) is 1. The summed E-state index contributed by atoms with van der Waals surface area (Å²) in [6.07, 6.45) is 1.48. The summed E-state index contributed by atoms with van der Waals surface area (Å²) < 4.78 is 0. The third-order valence-electron chi connectivity index (χ3n) is 3.72. The fourth-order valence-electron chi connectivity index (χ4n) is 2.51. The van der Waals surface area contributed by atoms with Gasteiger partial charge in [0.15, 0.2) is 0 Å². The van der Waals surface area contributed by atoms with Crippen LogP contribution in [0.25, 0.3) is 10.8 Å². The summed E-state index contributed by atoms with van der Waals surface area (Å²) in [5.74, 6) is -0.269. The SMILES string of the molecule is Cc1ccc2ccccc2c1C(=O)N/N=C\c1ccc(O)c(Cl)c1. The Balaban J connectivity index is 1.84. The van der Waals surface area contributed by atoms with Gasteiger partial charge in [0.1, 0.15) is 5.75 Å². The fourth-order valence-corrected chi connectivity index (χ4v) is 2.70. The van der Waals surface area contributed by atoms with Gasteiger partial charge in [0.05, 0.1) is 16.8 Å². The van der Waals surface area contributed by atoms with E-state index in [0.29, 0.717) is 11.1 Å². The number of carbonyl (C=O) groups is 1. The second-order valence-electron chi connectivity index (χ2n) is 5.39. The van der Waals surface area contributed by atoms with Crippen molar-refractivity contribution in [3.63, 3.8) is 0 Å². The molecule has 2 N–H and O–H groups in total. The molecule has 1 amide bonds. The van der Waals surface area contributed by atoms with E-state index in [1.54, 1.807) is 12.1 Å². The molecule has 0 spiro atoms. The Kier molecular flexibility index (Phi) is 4.49. The Morgan fingerprint density at radius 1 is 1.17 bits per heavy atom. The lowest BCUT2D eigenvalue weighted by Gasteiger charge is -2.08. The van der Waals surface area contributed by atoms with E-state index in [9.17, 15) is 9.90 Å². The van der Waals surface area contributed by atoms with E-state index in [1.165, 1.54) is 12.3 Å². The minimum Gasteiger partial charge on any atom is -0.506 e. The number of amides is 1. The van der Waals surface area contributed by atoms with Crippen molar-refractivity contribution in [2.45, 2.75) is 6.92 Å². The number of aromatic hydroxyl groups is 1. The Morgan fingerprint density at radius 3 is 2.75 bits per heavy atom. The molecule has 120 valence electrons. The molecule has 0 aliphatic heterocycles. The summed E-state index contributed by atoms with van der Waals surface area (Å²) in [4.78, 5) is 12.5. The molecule has 3 aromatic carbocycles. The molecule has 0 heterocycles. The van der Waals surface area contributed by atoms with Gasteiger partial charge < -0.3 is 5.11 Å². The smallest absolute Gasteiger partial charge is 0.272 e. The molecule has 24 heavy (non-hydrogen) atoms. The number of halogens is 1. The van der Waals surface area contributed by atoms with Crippen LogP contribution in [0.5, 0.6) is 5.75 Å². The summed E-state index contributed by atoms with van der Waals surface area (Å²) in [6, 6.07) is 16.3. The van der Waals surface area contributed by atoms with Gasteiger partial charge in [-0.3, -0.25) is 4.79 Å². The molecule has 4 nitrogen and oxygen atoms in total. The fraction of sp³-hybridized carbons (Fsp3) is 0.0526. The Bertz CT molecular complexity index is 951. The Labute approximate surface area is 144 Å². The number of nitrogens with one attached hydrogen (secondary N) is 1. The third kappa shape index (κ3) is 3.24. The molecule has 0 aromatic heterocycles. The maximum atomic E-state index is 12.5. The number of phenolic OH excluding ortho intramolecular Hbond substituents is 1. The van der Waals surface area contributed by atoms with Crippen molar-refractivity contribution in [1.29, 1.82) is 0 Å². The first kappa shape index (κ1) is 16.0. The molecule has 0 radical (unpaired) electrons. The van der Waals surface area contributed by atoms with Crippen LogP contribution in [0.4, 0.5) is 0 Å². The summed E-state index contributed by atoms with van der Waals surface area (Å²) in [6.45, 7) is 1.89. The Morgan fingerprint density at radius 2 is 1.96 bits per heavy atom. The van der Waals surface area contributed by atoms with Crippen molar-refractivity contribution < 1.29 is 9.90 Å². The zero-order valence-corrected chi connectivity index (χ0v) is 13.7. The number of benzene rings is 3. The summed E-state index contributed by atoms with van der Waals surface area (Å²) in [5, 5.41) is 15.5. The van der Waals surface area contributed by atoms with E-state index >= 15 is 0 Å². The topological polar surface area (TPSA) is 61.7 Å². The number of fused-ring (bicyclic) bond motifs is 1. The van der Waals surface area contributed by atoms with E-state index in [1.807, 2.05) is 43.3 Å². The highest BCUT2D eigenvalue weighted by atomic mass is 35.5. The highest BCUT2D eigenvalue weighted by Crippen LogP contribution is 2.23. The van der Waals surface area contributed by atoms with Crippen LogP contribution in [0.1, 0.15) is 21.5 Å². The predicted octanol–water partition coefficient (Wildman–Crippen LogP) is 4.27. The molecular weight excluding hydrogens is 324 g/mol. The highest BCUT2D eigenvalue weighted by molar-refractivity contribution is 6.32. The van der Waals surface area contributed by atoms with Crippen LogP contribution >= 0.6 is 11.6 Å². The van der Waals surface area contributed by atoms with E-state index in [2.05, 4.69) is 10.5 Å². The number of hydrogen-bond acceptors (Lipinski definition) is 3. The van der Waals surface area contributed by atoms with Crippen LogP contribution in [-0.4, -0.2) is 17.2 Å². The van der Waals surface area contributed by atoms with Gasteiger partial charge in [-0.2, -0.15) is 5.10 Å². The third-order valence-corrected chi connectivity index (χ3v) is 4.02. The molecule has 0 saturated heterocycles. The molecule has 3 rings (SSSR count). The van der Waals surface area contributed by atoms with Crippen LogP contribution in [-0.2, 0) is 0 Å². The highest BCUT2D eigenvalue weighted by Gasteiger charge is 2.12. The van der Waals surface area contributed by atoms with E-state index < -0.39 is 0 Å². The number of aryl methyl sites for hydroxylation is 1. The maximum Gasteiger partial charge on any atom is 0.272 e. The number of phenols is 1. The normalized spacial score (nSPS) is 11.1. The molecule has 0 aliphatic carbocycles. The van der Waals surface area contributed by atoms with E-state index in [4.69, 9.17) is 11.6 Å². The number of hydrazone groups is 1. The van der Waals surface area contributed by atoms with Crippen molar-refractivity contribution in [2.75, 3.05) is 0 Å². The average Bonchev–Trinajstić information content (AvgIpc) is 2.58. The van der Waals surface area contributed by atoms with Crippen LogP contribution in [0, 0.1) is 6.92 Å². The van der Waals surface area contributed by atoms with Gasteiger partial charge in [-0.1, -0.05) is 48.0 Å². The van der Waals surface area contributed by atoms with Crippen LogP contribution in [0.15, 0.2) is 59.7 Å². The van der Waals surface area contributed by atoms with Crippen molar-refractivity contribution in [1.82, 2.24) is 5.43 Å². The van der Waals surface area contributed by atoms with Crippen LogP contribution in [0.2, 0.25) is 5.02 Å². The zero-order valence-electron chi connectivity index (χ0n) is 13.0. The van der Waals surface area contributed by atoms with Crippen LogP contribution in [0.3, 0.4) is 0 Å². The standard InChI is InChI=1S/C19H15ClN2O2/c1-12-6-8-14-4-2-3-5-15(14)18(12)19(24)22-21-11-13-7-9-17(23)16(20)10-13/h2-11,23H,1H3,(H,22,24)/b21-11-. The summed E-state index contributed by atoms with van der Waals surface area (Å²) in [5.41, 5.74) is 4.70. The molecular formula is C19H15ClN2O2. The predicted molar refractivity (Wildman–Crippen MR) is 96.9 cm³/mol. The van der Waals surface area contributed by atoms with E-state index in [0.717, 1.165) is 16.3 Å². The van der Waals surface area contributed by atoms with Gasteiger partial charge in [-0.15, -0.1) is 0 Å². The second kappa shape index (κ2) is 6.72. The van der Waals surface area contributed by atoms with Crippen molar-refractivity contribution in [2.24, 2.45) is 5.10 Å².